The molecule has 1 aliphatic rings. The lowest BCUT2D eigenvalue weighted by atomic mass is 10.1. The lowest BCUT2D eigenvalue weighted by Crippen LogP contribution is -2.26. The molecule has 1 aliphatic carbocycles. The van der Waals surface area contributed by atoms with Gasteiger partial charge in [0.1, 0.15) is 5.82 Å². The van der Waals surface area contributed by atoms with Crippen molar-refractivity contribution in [3.05, 3.63) is 76.3 Å². The molecule has 110 valence electrons. The van der Waals surface area contributed by atoms with Gasteiger partial charge in [-0.05, 0) is 37.0 Å². The number of benzene rings is 2. The van der Waals surface area contributed by atoms with Gasteiger partial charge in [-0.3, -0.25) is 9.36 Å². The molecule has 0 radical (unpaired) electrons. The maximum Gasteiger partial charge on any atom is 0.261 e. The van der Waals surface area contributed by atoms with E-state index in [9.17, 15) is 4.79 Å². The van der Waals surface area contributed by atoms with Crippen molar-refractivity contribution in [2.45, 2.75) is 31.7 Å². The van der Waals surface area contributed by atoms with E-state index in [1.165, 1.54) is 5.56 Å². The molecule has 1 saturated carbocycles. The molecule has 0 amide bonds. The molecule has 0 bridgehead atoms. The van der Waals surface area contributed by atoms with E-state index in [0.717, 1.165) is 36.0 Å². The molecule has 0 N–H and O–H groups in total. The Bertz CT molecular complexity index is 863. The van der Waals surface area contributed by atoms with Crippen molar-refractivity contribution in [2.75, 3.05) is 0 Å². The minimum Gasteiger partial charge on any atom is -0.296 e. The Morgan fingerprint density at radius 2 is 1.73 bits per heavy atom. The van der Waals surface area contributed by atoms with Crippen molar-refractivity contribution < 1.29 is 0 Å². The van der Waals surface area contributed by atoms with Gasteiger partial charge < -0.3 is 0 Å². The highest BCUT2D eigenvalue weighted by molar-refractivity contribution is 5.77. The first-order valence-electron chi connectivity index (χ1n) is 7.86. The fourth-order valence-corrected chi connectivity index (χ4v) is 2.94. The highest BCUT2D eigenvalue weighted by Gasteiger charge is 2.29. The lowest BCUT2D eigenvalue weighted by molar-refractivity contribution is 0.618. The van der Waals surface area contributed by atoms with Gasteiger partial charge in [0.05, 0.1) is 10.9 Å². The second kappa shape index (κ2) is 5.41. The standard InChI is InChI=1S/C19H18N2O/c22-19-16-8-4-5-9-17(16)20-18(15-10-11-15)21(19)13-12-14-6-2-1-3-7-14/h1-9,15H,10-13H2. The molecule has 1 heterocycles. The highest BCUT2D eigenvalue weighted by atomic mass is 16.1. The first-order chi connectivity index (χ1) is 10.8. The smallest absolute Gasteiger partial charge is 0.261 e. The van der Waals surface area contributed by atoms with Crippen molar-refractivity contribution >= 4 is 10.9 Å². The topological polar surface area (TPSA) is 34.9 Å². The van der Waals surface area contributed by atoms with E-state index in [2.05, 4.69) is 12.1 Å². The number of nitrogens with zero attached hydrogens (tertiary/aromatic N) is 2. The Morgan fingerprint density at radius 1 is 1.00 bits per heavy atom. The molecule has 1 aromatic heterocycles. The Morgan fingerprint density at radius 3 is 2.50 bits per heavy atom. The van der Waals surface area contributed by atoms with E-state index in [1.807, 2.05) is 47.0 Å². The average molecular weight is 290 g/mol. The number of hydrogen-bond acceptors (Lipinski definition) is 2. The molecule has 0 unspecified atom stereocenters. The van der Waals surface area contributed by atoms with Gasteiger partial charge >= 0.3 is 0 Å². The van der Waals surface area contributed by atoms with E-state index in [1.54, 1.807) is 0 Å². The second-order valence-corrected chi connectivity index (χ2v) is 5.95. The van der Waals surface area contributed by atoms with Crippen LogP contribution in [0, 0.1) is 0 Å². The number of para-hydroxylation sites is 1. The summed E-state index contributed by atoms with van der Waals surface area (Å²) < 4.78 is 1.90. The summed E-state index contributed by atoms with van der Waals surface area (Å²) in [4.78, 5) is 17.6. The molecule has 0 spiro atoms. The molecule has 0 aliphatic heterocycles. The summed E-state index contributed by atoms with van der Waals surface area (Å²) in [7, 11) is 0. The summed E-state index contributed by atoms with van der Waals surface area (Å²) in [6.45, 7) is 0.701. The summed E-state index contributed by atoms with van der Waals surface area (Å²) in [5.41, 5.74) is 2.18. The quantitative estimate of drug-likeness (QED) is 0.737. The largest absolute Gasteiger partial charge is 0.296 e. The number of aromatic nitrogens is 2. The van der Waals surface area contributed by atoms with Crippen LogP contribution < -0.4 is 5.56 Å². The Labute approximate surface area is 129 Å². The third kappa shape index (κ3) is 2.43. The van der Waals surface area contributed by atoms with E-state index < -0.39 is 0 Å². The fraction of sp³-hybridized carbons (Fsp3) is 0.263. The van der Waals surface area contributed by atoms with Gasteiger partial charge in [0.15, 0.2) is 0 Å². The summed E-state index contributed by atoms with van der Waals surface area (Å²) >= 11 is 0. The third-order valence-corrected chi connectivity index (χ3v) is 4.30. The molecule has 3 aromatic rings. The fourth-order valence-electron chi connectivity index (χ4n) is 2.94. The number of aryl methyl sites for hydroxylation is 1. The molecule has 0 saturated heterocycles. The van der Waals surface area contributed by atoms with Crippen LogP contribution in [0.2, 0.25) is 0 Å². The van der Waals surface area contributed by atoms with E-state index in [0.29, 0.717) is 12.5 Å². The molecule has 3 nitrogen and oxygen atoms in total. The molecule has 4 rings (SSSR count). The van der Waals surface area contributed by atoms with Gasteiger partial charge in [-0.2, -0.15) is 0 Å². The molecular formula is C19H18N2O. The summed E-state index contributed by atoms with van der Waals surface area (Å²) in [5.74, 6) is 1.44. The average Bonchev–Trinajstić information content (AvgIpc) is 3.40. The Balaban J connectivity index is 1.76. The van der Waals surface area contributed by atoms with Crippen LogP contribution >= 0.6 is 0 Å². The van der Waals surface area contributed by atoms with Crippen molar-refractivity contribution in [1.29, 1.82) is 0 Å². The van der Waals surface area contributed by atoms with E-state index in [4.69, 9.17) is 4.98 Å². The zero-order valence-corrected chi connectivity index (χ0v) is 12.4. The van der Waals surface area contributed by atoms with Crippen LogP contribution in [0.25, 0.3) is 10.9 Å². The molecular weight excluding hydrogens is 272 g/mol. The number of hydrogen-bond donors (Lipinski definition) is 0. The minimum absolute atomic E-state index is 0.100. The molecule has 22 heavy (non-hydrogen) atoms. The van der Waals surface area contributed by atoms with Gasteiger partial charge in [-0.1, -0.05) is 42.5 Å². The summed E-state index contributed by atoms with van der Waals surface area (Å²) in [6, 6.07) is 18.0. The van der Waals surface area contributed by atoms with Crippen molar-refractivity contribution in [3.8, 4) is 0 Å². The monoisotopic (exact) mass is 290 g/mol. The van der Waals surface area contributed by atoms with Crippen molar-refractivity contribution in [1.82, 2.24) is 9.55 Å². The predicted molar refractivity (Wildman–Crippen MR) is 88.1 cm³/mol. The van der Waals surface area contributed by atoms with Crippen LogP contribution in [-0.2, 0) is 13.0 Å². The Kier molecular flexibility index (Phi) is 3.26. The maximum absolute atomic E-state index is 12.8. The molecule has 2 aromatic carbocycles. The summed E-state index contributed by atoms with van der Waals surface area (Å²) in [6.07, 6.45) is 3.16. The van der Waals surface area contributed by atoms with Crippen molar-refractivity contribution in [2.24, 2.45) is 0 Å². The molecule has 1 fully saturated rings. The van der Waals surface area contributed by atoms with Gasteiger partial charge in [0, 0.05) is 12.5 Å². The third-order valence-electron chi connectivity index (χ3n) is 4.30. The Hall–Kier alpha value is -2.42. The van der Waals surface area contributed by atoms with Crippen LogP contribution in [0.1, 0.15) is 30.1 Å². The van der Waals surface area contributed by atoms with Gasteiger partial charge in [-0.25, -0.2) is 4.98 Å². The predicted octanol–water partition coefficient (Wildman–Crippen LogP) is 3.52. The van der Waals surface area contributed by atoms with Crippen LogP contribution in [0.5, 0.6) is 0 Å². The highest BCUT2D eigenvalue weighted by Crippen LogP contribution is 2.38. The van der Waals surface area contributed by atoms with Gasteiger partial charge in [-0.15, -0.1) is 0 Å². The van der Waals surface area contributed by atoms with Crippen molar-refractivity contribution in [3.63, 3.8) is 0 Å². The summed E-state index contributed by atoms with van der Waals surface area (Å²) in [5, 5.41) is 0.722. The van der Waals surface area contributed by atoms with Crippen LogP contribution in [0.15, 0.2) is 59.4 Å². The minimum atomic E-state index is 0.100. The SMILES string of the molecule is O=c1c2ccccc2nc(C2CC2)n1CCc1ccccc1. The van der Waals surface area contributed by atoms with Gasteiger partial charge in [0.2, 0.25) is 0 Å². The first-order valence-corrected chi connectivity index (χ1v) is 7.86. The second-order valence-electron chi connectivity index (χ2n) is 5.95. The first kappa shape index (κ1) is 13.3. The number of fused-ring (bicyclic) bond motifs is 1. The van der Waals surface area contributed by atoms with E-state index >= 15 is 0 Å². The number of rotatable bonds is 4. The van der Waals surface area contributed by atoms with E-state index in [-0.39, 0.29) is 5.56 Å². The van der Waals surface area contributed by atoms with Crippen LogP contribution in [0.4, 0.5) is 0 Å². The zero-order valence-electron chi connectivity index (χ0n) is 12.4. The zero-order chi connectivity index (χ0) is 14.9. The lowest BCUT2D eigenvalue weighted by Gasteiger charge is -2.13. The molecule has 3 heteroatoms. The van der Waals surface area contributed by atoms with Gasteiger partial charge in [0.25, 0.3) is 5.56 Å². The van der Waals surface area contributed by atoms with Crippen LogP contribution in [-0.4, -0.2) is 9.55 Å². The maximum atomic E-state index is 12.8. The molecule has 0 atom stereocenters. The normalized spacial score (nSPS) is 14.4. The van der Waals surface area contributed by atoms with Crippen LogP contribution in [0.3, 0.4) is 0 Å².